The topological polar surface area (TPSA) is 47.7 Å². The predicted octanol–water partition coefficient (Wildman–Crippen LogP) is 1.29. The fourth-order valence-corrected chi connectivity index (χ4v) is 2.25. The van der Waals surface area contributed by atoms with Crippen molar-refractivity contribution in [3.63, 3.8) is 0 Å². The summed E-state index contributed by atoms with van der Waals surface area (Å²) in [6, 6.07) is 8.25. The third-order valence-electron chi connectivity index (χ3n) is 3.39. The molecular formula is C15H24N2O2. The monoisotopic (exact) mass is 264 g/mol. The SMILES string of the molecule is NCCCc1ccccc1OCCN1CCOCC1. The van der Waals surface area contributed by atoms with Gasteiger partial charge in [-0.1, -0.05) is 18.2 Å². The number of benzene rings is 1. The van der Waals surface area contributed by atoms with Gasteiger partial charge in [0.1, 0.15) is 12.4 Å². The Balaban J connectivity index is 1.77. The lowest BCUT2D eigenvalue weighted by Crippen LogP contribution is -2.38. The molecule has 0 saturated carbocycles. The molecule has 1 aromatic rings. The Kier molecular flexibility index (Phi) is 6.14. The first kappa shape index (κ1) is 14.3. The Morgan fingerprint density at radius 1 is 1.21 bits per heavy atom. The van der Waals surface area contributed by atoms with Gasteiger partial charge in [0, 0.05) is 19.6 Å². The van der Waals surface area contributed by atoms with Crippen LogP contribution in [0.2, 0.25) is 0 Å². The average Bonchev–Trinajstić information content (AvgIpc) is 2.47. The van der Waals surface area contributed by atoms with Gasteiger partial charge in [0.05, 0.1) is 13.2 Å². The van der Waals surface area contributed by atoms with E-state index in [0.717, 1.165) is 64.6 Å². The number of para-hydroxylation sites is 1. The van der Waals surface area contributed by atoms with Crippen molar-refractivity contribution in [2.75, 3.05) is 46.0 Å². The quantitative estimate of drug-likeness (QED) is 0.806. The number of nitrogens with zero attached hydrogens (tertiary/aromatic N) is 1. The molecule has 0 aromatic heterocycles. The molecular weight excluding hydrogens is 240 g/mol. The molecule has 0 amide bonds. The van der Waals surface area contributed by atoms with Crippen LogP contribution in [0.1, 0.15) is 12.0 Å². The van der Waals surface area contributed by atoms with Crippen LogP contribution in [-0.2, 0) is 11.2 Å². The van der Waals surface area contributed by atoms with Gasteiger partial charge in [-0.25, -0.2) is 0 Å². The van der Waals surface area contributed by atoms with E-state index in [4.69, 9.17) is 15.2 Å². The summed E-state index contributed by atoms with van der Waals surface area (Å²) in [5.74, 6) is 1.00. The highest BCUT2D eigenvalue weighted by molar-refractivity contribution is 5.33. The highest BCUT2D eigenvalue weighted by atomic mass is 16.5. The van der Waals surface area contributed by atoms with Gasteiger partial charge in [0.25, 0.3) is 0 Å². The van der Waals surface area contributed by atoms with Crippen LogP contribution in [0.25, 0.3) is 0 Å². The minimum atomic E-state index is 0.724. The van der Waals surface area contributed by atoms with Crippen molar-refractivity contribution in [1.29, 1.82) is 0 Å². The molecule has 0 bridgehead atoms. The number of aryl methyl sites for hydroxylation is 1. The lowest BCUT2D eigenvalue weighted by atomic mass is 10.1. The molecule has 4 nitrogen and oxygen atoms in total. The van der Waals surface area contributed by atoms with Crippen molar-refractivity contribution >= 4 is 0 Å². The number of hydrogen-bond acceptors (Lipinski definition) is 4. The molecule has 0 spiro atoms. The van der Waals surface area contributed by atoms with E-state index in [2.05, 4.69) is 17.0 Å². The van der Waals surface area contributed by atoms with Crippen LogP contribution in [0.15, 0.2) is 24.3 Å². The van der Waals surface area contributed by atoms with Crippen molar-refractivity contribution in [2.45, 2.75) is 12.8 Å². The summed E-state index contributed by atoms with van der Waals surface area (Å²) in [5.41, 5.74) is 6.82. The predicted molar refractivity (Wildman–Crippen MR) is 76.6 cm³/mol. The average molecular weight is 264 g/mol. The van der Waals surface area contributed by atoms with Crippen LogP contribution >= 0.6 is 0 Å². The maximum atomic E-state index is 5.91. The summed E-state index contributed by atoms with van der Waals surface area (Å²) in [5, 5.41) is 0. The summed E-state index contributed by atoms with van der Waals surface area (Å²) in [4.78, 5) is 2.38. The van der Waals surface area contributed by atoms with E-state index in [-0.39, 0.29) is 0 Å². The molecule has 1 saturated heterocycles. The first-order valence-corrected chi connectivity index (χ1v) is 7.11. The van der Waals surface area contributed by atoms with Crippen molar-refractivity contribution < 1.29 is 9.47 Å². The lowest BCUT2D eigenvalue weighted by Gasteiger charge is -2.26. The molecule has 2 N–H and O–H groups in total. The maximum Gasteiger partial charge on any atom is 0.122 e. The van der Waals surface area contributed by atoms with E-state index in [9.17, 15) is 0 Å². The Hall–Kier alpha value is -1.10. The second-order valence-electron chi connectivity index (χ2n) is 4.80. The normalized spacial score (nSPS) is 16.5. The largest absolute Gasteiger partial charge is 0.492 e. The van der Waals surface area contributed by atoms with E-state index in [0.29, 0.717) is 0 Å². The first-order valence-electron chi connectivity index (χ1n) is 7.11. The number of rotatable bonds is 7. The van der Waals surface area contributed by atoms with E-state index < -0.39 is 0 Å². The van der Waals surface area contributed by atoms with Gasteiger partial charge in [-0.2, -0.15) is 0 Å². The van der Waals surface area contributed by atoms with E-state index >= 15 is 0 Å². The molecule has 19 heavy (non-hydrogen) atoms. The molecule has 1 fully saturated rings. The van der Waals surface area contributed by atoms with Gasteiger partial charge in [0.15, 0.2) is 0 Å². The summed E-state index contributed by atoms with van der Waals surface area (Å²) in [6.45, 7) is 6.13. The third-order valence-corrected chi connectivity index (χ3v) is 3.39. The Labute approximate surface area is 115 Å². The zero-order chi connectivity index (χ0) is 13.3. The van der Waals surface area contributed by atoms with Gasteiger partial charge >= 0.3 is 0 Å². The van der Waals surface area contributed by atoms with Crippen LogP contribution in [0.5, 0.6) is 5.75 Å². The van der Waals surface area contributed by atoms with Gasteiger partial charge in [-0.15, -0.1) is 0 Å². The Morgan fingerprint density at radius 2 is 2.00 bits per heavy atom. The van der Waals surface area contributed by atoms with Crippen LogP contribution < -0.4 is 10.5 Å². The van der Waals surface area contributed by atoms with Crippen molar-refractivity contribution in [2.24, 2.45) is 5.73 Å². The third kappa shape index (κ3) is 4.82. The Morgan fingerprint density at radius 3 is 2.79 bits per heavy atom. The molecule has 4 heteroatoms. The van der Waals surface area contributed by atoms with E-state index in [1.54, 1.807) is 0 Å². The minimum Gasteiger partial charge on any atom is -0.492 e. The molecule has 0 aliphatic carbocycles. The number of ether oxygens (including phenoxy) is 2. The molecule has 0 unspecified atom stereocenters. The summed E-state index contributed by atoms with van der Waals surface area (Å²) in [7, 11) is 0. The Bertz CT molecular complexity index is 365. The van der Waals surface area contributed by atoms with Crippen LogP contribution in [0, 0.1) is 0 Å². The molecule has 0 atom stereocenters. The van der Waals surface area contributed by atoms with Crippen molar-refractivity contribution in [1.82, 2.24) is 4.90 Å². The lowest BCUT2D eigenvalue weighted by molar-refractivity contribution is 0.0322. The highest BCUT2D eigenvalue weighted by Gasteiger charge is 2.10. The summed E-state index contributed by atoms with van der Waals surface area (Å²) < 4.78 is 11.2. The fourth-order valence-electron chi connectivity index (χ4n) is 2.25. The molecule has 0 radical (unpaired) electrons. The van der Waals surface area contributed by atoms with E-state index in [1.807, 2.05) is 12.1 Å². The number of hydrogen-bond donors (Lipinski definition) is 1. The van der Waals surface area contributed by atoms with Crippen molar-refractivity contribution in [3.05, 3.63) is 29.8 Å². The van der Waals surface area contributed by atoms with Crippen LogP contribution in [0.4, 0.5) is 0 Å². The maximum absolute atomic E-state index is 5.91. The highest BCUT2D eigenvalue weighted by Crippen LogP contribution is 2.19. The number of nitrogens with two attached hydrogens (primary N) is 1. The fraction of sp³-hybridized carbons (Fsp3) is 0.600. The van der Waals surface area contributed by atoms with E-state index in [1.165, 1.54) is 5.56 Å². The first-order chi connectivity index (χ1) is 9.40. The number of morpholine rings is 1. The minimum absolute atomic E-state index is 0.724. The molecule has 1 aromatic carbocycles. The van der Waals surface area contributed by atoms with Gasteiger partial charge in [-0.3, -0.25) is 4.90 Å². The van der Waals surface area contributed by atoms with Crippen LogP contribution in [-0.4, -0.2) is 50.9 Å². The molecule has 1 aliphatic rings. The van der Waals surface area contributed by atoms with Gasteiger partial charge in [-0.05, 0) is 31.0 Å². The molecule has 1 aliphatic heterocycles. The van der Waals surface area contributed by atoms with Crippen LogP contribution in [0.3, 0.4) is 0 Å². The molecule has 2 rings (SSSR count). The summed E-state index contributed by atoms with van der Waals surface area (Å²) >= 11 is 0. The molecule has 106 valence electrons. The standard InChI is InChI=1S/C15H24N2O2/c16-7-3-5-14-4-1-2-6-15(14)19-13-10-17-8-11-18-12-9-17/h1-2,4,6H,3,5,7-13,16H2. The second-order valence-corrected chi connectivity index (χ2v) is 4.80. The smallest absolute Gasteiger partial charge is 0.122 e. The second kappa shape index (κ2) is 8.15. The zero-order valence-electron chi connectivity index (χ0n) is 11.5. The van der Waals surface area contributed by atoms with Gasteiger partial charge in [0.2, 0.25) is 0 Å². The van der Waals surface area contributed by atoms with Gasteiger partial charge < -0.3 is 15.2 Å². The zero-order valence-corrected chi connectivity index (χ0v) is 11.5. The summed E-state index contributed by atoms with van der Waals surface area (Å²) in [6.07, 6.45) is 1.99. The molecule has 1 heterocycles. The van der Waals surface area contributed by atoms with Crippen molar-refractivity contribution in [3.8, 4) is 5.75 Å².